The van der Waals surface area contributed by atoms with Gasteiger partial charge in [-0.25, -0.2) is 0 Å². The van der Waals surface area contributed by atoms with Crippen LogP contribution >= 0.6 is 14.5 Å². The van der Waals surface area contributed by atoms with Gasteiger partial charge in [-0.1, -0.05) is 0 Å². The average molecular weight is 490 g/mol. The van der Waals surface area contributed by atoms with Gasteiger partial charge in [-0.05, 0) is 0 Å². The first-order valence-electron chi connectivity index (χ1n) is 7.17. The number of hydrogen-bond donors (Lipinski definition) is 6. The number of anilines is 1. The van der Waals surface area contributed by atoms with Gasteiger partial charge in [-0.3, -0.25) is 0 Å². The van der Waals surface area contributed by atoms with Crippen molar-refractivity contribution < 1.29 is 43.0 Å². The summed E-state index contributed by atoms with van der Waals surface area (Å²) >= 11 is 2.01. The molecular formula is C10H15N5O9P2Se. The number of nitrogen functional groups attached to an aromatic ring is 1. The maximum atomic E-state index is 10.8. The van der Waals surface area contributed by atoms with Gasteiger partial charge in [0.15, 0.2) is 0 Å². The number of aliphatic hydroxyl groups is 2. The Balaban J connectivity index is 1.74. The van der Waals surface area contributed by atoms with Crippen molar-refractivity contribution >= 4 is 47.0 Å². The summed E-state index contributed by atoms with van der Waals surface area (Å²) in [4.78, 5) is 39.1. The van der Waals surface area contributed by atoms with Gasteiger partial charge >= 0.3 is 159 Å². The van der Waals surface area contributed by atoms with Crippen LogP contribution in [-0.4, -0.2) is 84.9 Å². The SMILES string of the molecule is Nc1ncnc2c1ncn2[C@@H]1O[C@H](CO[P+](O)([Se-])OP(=O)(O)O)[C@@H](O)[C@H]1O. The van der Waals surface area contributed by atoms with E-state index >= 15 is 0 Å². The fraction of sp³-hybridized carbons (Fsp3) is 0.500. The van der Waals surface area contributed by atoms with Crippen LogP contribution in [0.15, 0.2) is 12.7 Å². The molecule has 5 atom stereocenters. The third-order valence-electron chi connectivity index (χ3n) is 3.61. The molecule has 1 fully saturated rings. The molecule has 0 spiro atoms. The van der Waals surface area contributed by atoms with Crippen molar-refractivity contribution in [3.05, 3.63) is 12.7 Å². The summed E-state index contributed by atoms with van der Waals surface area (Å²) in [6.07, 6.45) is -2.62. The zero-order chi connectivity index (χ0) is 20.0. The predicted octanol–water partition coefficient (Wildman–Crippen LogP) is -2.01. The number of fused-ring (bicyclic) bond motifs is 1. The molecule has 3 rings (SSSR count). The van der Waals surface area contributed by atoms with Crippen LogP contribution in [0.4, 0.5) is 5.82 Å². The molecular weight excluding hydrogens is 475 g/mol. The standard InChI is InChI=1S/C10H15N5O9P2Se/c11-8-5-9(13-2-12-8)15(3-14-5)10-7(17)6(16)4(23-10)1-22-26(21,27)24-25(18,19)20/h2-4,6-7,10,16-17H,1H2,(H,21,27)(H2,11,12,13)(H2,18,19,20)/t4-,6-,7-,10-,26?/m1/s1. The molecule has 7 N–H and O–H groups in total. The van der Waals surface area contributed by atoms with Gasteiger partial charge in [-0.2, -0.15) is 0 Å². The van der Waals surface area contributed by atoms with Gasteiger partial charge < -0.3 is 0 Å². The summed E-state index contributed by atoms with van der Waals surface area (Å²) in [5.74, 6) is 0.123. The van der Waals surface area contributed by atoms with E-state index in [9.17, 15) is 19.7 Å². The normalized spacial score (nSPS) is 28.5. The number of aliphatic hydroxyl groups excluding tert-OH is 2. The molecule has 17 heteroatoms. The molecule has 0 amide bonds. The minimum atomic E-state index is -5.01. The van der Waals surface area contributed by atoms with E-state index in [1.807, 2.05) is 15.6 Å². The molecule has 0 saturated carbocycles. The molecule has 27 heavy (non-hydrogen) atoms. The number of nitrogens with two attached hydrogens (primary N) is 1. The van der Waals surface area contributed by atoms with Crippen molar-refractivity contribution in [1.29, 1.82) is 0 Å². The van der Waals surface area contributed by atoms with Gasteiger partial charge in [0.1, 0.15) is 0 Å². The summed E-state index contributed by atoms with van der Waals surface area (Å²) in [5.41, 5.74) is 6.24. The van der Waals surface area contributed by atoms with Crippen molar-refractivity contribution in [2.75, 3.05) is 12.3 Å². The monoisotopic (exact) mass is 491 g/mol. The number of nitrogens with zero attached hydrogens (tertiary/aromatic N) is 4. The summed E-state index contributed by atoms with van der Waals surface area (Å²) in [7, 11) is -5.01. The zero-order valence-corrected chi connectivity index (χ0v) is 16.7. The van der Waals surface area contributed by atoms with E-state index < -0.39 is 45.6 Å². The Morgan fingerprint density at radius 2 is 2.04 bits per heavy atom. The van der Waals surface area contributed by atoms with Gasteiger partial charge in [0, 0.05) is 0 Å². The summed E-state index contributed by atoms with van der Waals surface area (Å²) < 4.78 is 26.7. The van der Waals surface area contributed by atoms with E-state index in [0.717, 1.165) is 0 Å². The van der Waals surface area contributed by atoms with E-state index in [-0.39, 0.29) is 17.0 Å². The quantitative estimate of drug-likeness (QED) is 0.191. The Bertz CT molecular complexity index is 878. The van der Waals surface area contributed by atoms with Crippen molar-refractivity contribution in [1.82, 2.24) is 19.5 Å². The van der Waals surface area contributed by atoms with Gasteiger partial charge in [0.05, 0.1) is 0 Å². The molecule has 0 radical (unpaired) electrons. The Hall–Kier alpha value is -0.791. The Kier molecular flexibility index (Phi) is 5.86. The summed E-state index contributed by atoms with van der Waals surface area (Å²) in [6.45, 7) is -4.54. The molecule has 1 saturated heterocycles. The second-order valence-corrected chi connectivity index (χ2v) is 11.2. The van der Waals surface area contributed by atoms with Crippen LogP contribution in [0.5, 0.6) is 0 Å². The number of phosphoric acid groups is 1. The molecule has 0 bridgehead atoms. The number of imidazole rings is 1. The van der Waals surface area contributed by atoms with E-state index in [1.165, 1.54) is 17.2 Å². The number of aromatic nitrogens is 4. The molecule has 2 aromatic heterocycles. The first-order chi connectivity index (χ1) is 12.5. The topological polar surface area (TPSA) is 216 Å². The number of ether oxygens (including phenoxy) is 1. The van der Waals surface area contributed by atoms with Crippen LogP contribution in [0.3, 0.4) is 0 Å². The third kappa shape index (κ3) is 4.62. The Morgan fingerprint density at radius 1 is 1.33 bits per heavy atom. The van der Waals surface area contributed by atoms with Gasteiger partial charge in [-0.15, -0.1) is 0 Å². The van der Waals surface area contributed by atoms with E-state index in [2.05, 4.69) is 19.3 Å². The molecule has 1 unspecified atom stereocenters. The van der Waals surface area contributed by atoms with Crippen molar-refractivity contribution in [2.24, 2.45) is 0 Å². The number of rotatable bonds is 6. The van der Waals surface area contributed by atoms with Crippen LogP contribution in [0, 0.1) is 0 Å². The molecule has 1 aliphatic rings. The van der Waals surface area contributed by atoms with E-state index in [1.54, 1.807) is 0 Å². The molecule has 150 valence electrons. The predicted molar refractivity (Wildman–Crippen MR) is 89.6 cm³/mol. The maximum absolute atomic E-state index is 10.8. The van der Waals surface area contributed by atoms with Gasteiger partial charge in [0.2, 0.25) is 0 Å². The average Bonchev–Trinajstić information content (AvgIpc) is 3.07. The zero-order valence-electron chi connectivity index (χ0n) is 13.2. The second-order valence-electron chi connectivity index (χ2n) is 5.47. The Labute approximate surface area is 159 Å². The van der Waals surface area contributed by atoms with Crippen LogP contribution in [-0.2, 0) is 18.1 Å². The fourth-order valence-electron chi connectivity index (χ4n) is 2.48. The van der Waals surface area contributed by atoms with Crippen LogP contribution in [0.1, 0.15) is 6.23 Å². The van der Waals surface area contributed by atoms with Crippen LogP contribution < -0.4 is 5.73 Å². The van der Waals surface area contributed by atoms with E-state index in [4.69, 9.17) is 24.8 Å². The Morgan fingerprint density at radius 3 is 2.70 bits per heavy atom. The molecule has 0 aliphatic carbocycles. The molecule has 14 nitrogen and oxygen atoms in total. The van der Waals surface area contributed by atoms with Crippen molar-refractivity contribution in [3.8, 4) is 0 Å². The van der Waals surface area contributed by atoms with Crippen LogP contribution in [0.2, 0.25) is 0 Å². The summed E-state index contributed by atoms with van der Waals surface area (Å²) in [6, 6.07) is 0. The minimum absolute atomic E-state index is 0.123. The first-order valence-corrected chi connectivity index (χ1v) is 12.5. The molecule has 3 heterocycles. The second kappa shape index (κ2) is 7.56. The van der Waals surface area contributed by atoms with Crippen molar-refractivity contribution in [2.45, 2.75) is 24.5 Å². The molecule has 2 aromatic rings. The van der Waals surface area contributed by atoms with Crippen molar-refractivity contribution in [3.63, 3.8) is 0 Å². The first kappa shape index (κ1) is 20.9. The van der Waals surface area contributed by atoms with E-state index in [0.29, 0.717) is 0 Å². The summed E-state index contributed by atoms with van der Waals surface area (Å²) in [5, 5.41) is 20.4. The fourth-order valence-corrected chi connectivity index (χ4v) is 6.10. The van der Waals surface area contributed by atoms with Crippen LogP contribution in [0.25, 0.3) is 11.2 Å². The van der Waals surface area contributed by atoms with Gasteiger partial charge in [0.25, 0.3) is 0 Å². The molecule has 0 aromatic carbocycles. The molecule has 1 aliphatic heterocycles. The number of hydrogen-bond acceptors (Lipinski definition) is 11. The third-order valence-corrected chi connectivity index (χ3v) is 7.68.